The van der Waals surface area contributed by atoms with E-state index in [0.29, 0.717) is 30.4 Å². The average molecular weight is 266 g/mol. The Bertz CT molecular complexity index is 424. The van der Waals surface area contributed by atoms with E-state index < -0.39 is 0 Å². The molecule has 106 valence electrons. The molecule has 0 saturated carbocycles. The maximum Gasteiger partial charge on any atom is 0.187 e. The third-order valence-electron chi connectivity index (χ3n) is 4.12. The minimum absolute atomic E-state index is 0.188. The van der Waals surface area contributed by atoms with Crippen molar-refractivity contribution in [1.82, 2.24) is 9.97 Å². The highest BCUT2D eigenvalue weighted by Crippen LogP contribution is 2.30. The van der Waals surface area contributed by atoms with Crippen LogP contribution in [0.3, 0.4) is 0 Å². The molecule has 0 aromatic carbocycles. The second-order valence-electron chi connectivity index (χ2n) is 5.19. The van der Waals surface area contributed by atoms with Gasteiger partial charge in [-0.15, -0.1) is 0 Å². The van der Waals surface area contributed by atoms with Crippen LogP contribution < -0.4 is 10.6 Å². The number of halogens is 1. The van der Waals surface area contributed by atoms with Crippen LogP contribution in [0.25, 0.3) is 0 Å². The molecule has 2 heterocycles. The Morgan fingerprint density at radius 2 is 2.21 bits per heavy atom. The lowest BCUT2D eigenvalue weighted by Gasteiger charge is -2.39. The van der Waals surface area contributed by atoms with Gasteiger partial charge in [0.15, 0.2) is 11.6 Å². The molecule has 2 unspecified atom stereocenters. The van der Waals surface area contributed by atoms with E-state index >= 15 is 0 Å². The van der Waals surface area contributed by atoms with Crippen molar-refractivity contribution in [2.24, 2.45) is 11.7 Å². The van der Waals surface area contributed by atoms with Gasteiger partial charge in [-0.25, -0.2) is 14.4 Å². The number of anilines is 1. The van der Waals surface area contributed by atoms with Gasteiger partial charge in [-0.3, -0.25) is 0 Å². The van der Waals surface area contributed by atoms with Crippen molar-refractivity contribution in [3.8, 4) is 0 Å². The van der Waals surface area contributed by atoms with Crippen LogP contribution in [0.5, 0.6) is 0 Å². The second-order valence-corrected chi connectivity index (χ2v) is 5.19. The summed E-state index contributed by atoms with van der Waals surface area (Å²) >= 11 is 0. The molecule has 2 rings (SSSR count). The summed E-state index contributed by atoms with van der Waals surface area (Å²) in [5.41, 5.74) is 6.35. The van der Waals surface area contributed by atoms with Gasteiger partial charge < -0.3 is 10.6 Å². The van der Waals surface area contributed by atoms with E-state index in [2.05, 4.69) is 16.9 Å². The molecule has 1 saturated heterocycles. The molecule has 1 aromatic heterocycles. The summed E-state index contributed by atoms with van der Waals surface area (Å²) in [7, 11) is 0. The Morgan fingerprint density at radius 1 is 1.42 bits per heavy atom. The van der Waals surface area contributed by atoms with E-state index in [-0.39, 0.29) is 11.9 Å². The predicted octanol–water partition coefficient (Wildman–Crippen LogP) is 2.13. The highest BCUT2D eigenvalue weighted by atomic mass is 19.1. The zero-order chi connectivity index (χ0) is 13.8. The van der Waals surface area contributed by atoms with Gasteiger partial charge >= 0.3 is 0 Å². The molecule has 0 amide bonds. The van der Waals surface area contributed by atoms with Gasteiger partial charge in [0.2, 0.25) is 0 Å². The Hall–Kier alpha value is -1.23. The molecule has 2 atom stereocenters. The van der Waals surface area contributed by atoms with E-state index in [9.17, 15) is 4.39 Å². The highest BCUT2D eigenvalue weighted by molar-refractivity contribution is 5.43. The van der Waals surface area contributed by atoms with Crippen molar-refractivity contribution in [2.45, 2.75) is 45.6 Å². The van der Waals surface area contributed by atoms with Gasteiger partial charge in [0.25, 0.3) is 0 Å². The first-order chi connectivity index (χ1) is 9.21. The van der Waals surface area contributed by atoms with Crippen LogP contribution >= 0.6 is 0 Å². The Balaban J connectivity index is 2.25. The number of aromatic nitrogens is 2. The molecule has 1 aliphatic rings. The van der Waals surface area contributed by atoms with Gasteiger partial charge in [0.1, 0.15) is 6.33 Å². The molecule has 2 N–H and O–H groups in total. The molecular formula is C14H23FN4. The van der Waals surface area contributed by atoms with Crippen LogP contribution in [-0.4, -0.2) is 29.1 Å². The molecule has 4 nitrogen and oxygen atoms in total. The molecule has 1 fully saturated rings. The molecule has 0 bridgehead atoms. The lowest BCUT2D eigenvalue weighted by atomic mass is 9.89. The van der Waals surface area contributed by atoms with E-state index in [4.69, 9.17) is 5.73 Å². The number of hydrogen-bond donors (Lipinski definition) is 1. The van der Waals surface area contributed by atoms with E-state index in [0.717, 1.165) is 25.8 Å². The normalized spacial score (nSPS) is 23.7. The standard InChI is InChI=1S/C14H23FN4/c1-3-10-5-6-19(11(7-10)8-16)14-13(15)12(4-2)17-9-18-14/h9-11H,3-8,16H2,1-2H3. The number of nitrogens with zero attached hydrogens (tertiary/aromatic N) is 3. The second kappa shape index (κ2) is 6.28. The average Bonchev–Trinajstić information content (AvgIpc) is 2.47. The fourth-order valence-corrected chi connectivity index (χ4v) is 2.85. The molecule has 19 heavy (non-hydrogen) atoms. The maximum atomic E-state index is 14.3. The summed E-state index contributed by atoms with van der Waals surface area (Å²) in [5.74, 6) is 0.843. The van der Waals surface area contributed by atoms with Crippen LogP contribution in [0, 0.1) is 11.7 Å². The van der Waals surface area contributed by atoms with Crippen molar-refractivity contribution in [2.75, 3.05) is 18.0 Å². The summed E-state index contributed by atoms with van der Waals surface area (Å²) in [6.45, 7) is 5.48. The van der Waals surface area contributed by atoms with E-state index in [1.807, 2.05) is 11.8 Å². The minimum atomic E-state index is -0.279. The van der Waals surface area contributed by atoms with Crippen LogP contribution in [0.1, 0.15) is 38.8 Å². The number of aryl methyl sites for hydroxylation is 1. The summed E-state index contributed by atoms with van der Waals surface area (Å²) < 4.78 is 14.3. The Morgan fingerprint density at radius 3 is 2.84 bits per heavy atom. The van der Waals surface area contributed by atoms with Gasteiger partial charge in [-0.2, -0.15) is 0 Å². The zero-order valence-corrected chi connectivity index (χ0v) is 11.8. The molecule has 1 aliphatic heterocycles. The van der Waals surface area contributed by atoms with Gasteiger partial charge in [-0.05, 0) is 25.2 Å². The molecule has 0 spiro atoms. The van der Waals surface area contributed by atoms with Crippen molar-refractivity contribution < 1.29 is 4.39 Å². The fraction of sp³-hybridized carbons (Fsp3) is 0.714. The van der Waals surface area contributed by atoms with Crippen LogP contribution in [0.4, 0.5) is 10.2 Å². The topological polar surface area (TPSA) is 55.0 Å². The Labute approximate surface area is 114 Å². The fourth-order valence-electron chi connectivity index (χ4n) is 2.85. The largest absolute Gasteiger partial charge is 0.350 e. The number of piperidine rings is 1. The maximum absolute atomic E-state index is 14.3. The van der Waals surface area contributed by atoms with Gasteiger partial charge in [-0.1, -0.05) is 20.3 Å². The quantitative estimate of drug-likeness (QED) is 0.907. The summed E-state index contributed by atoms with van der Waals surface area (Å²) in [4.78, 5) is 10.2. The number of rotatable bonds is 4. The summed E-state index contributed by atoms with van der Waals surface area (Å²) in [6.07, 6.45) is 5.31. The smallest absolute Gasteiger partial charge is 0.187 e. The predicted molar refractivity (Wildman–Crippen MR) is 74.6 cm³/mol. The molecular weight excluding hydrogens is 243 g/mol. The third kappa shape index (κ3) is 2.86. The van der Waals surface area contributed by atoms with Gasteiger partial charge in [0, 0.05) is 19.1 Å². The van der Waals surface area contributed by atoms with Crippen LogP contribution in [0.15, 0.2) is 6.33 Å². The lowest BCUT2D eigenvalue weighted by Crippen LogP contribution is -2.47. The minimum Gasteiger partial charge on any atom is -0.350 e. The first-order valence-electron chi connectivity index (χ1n) is 7.17. The number of nitrogens with two attached hydrogens (primary N) is 1. The SMILES string of the molecule is CCc1ncnc(N2CCC(CC)CC2CN)c1F. The first-order valence-corrected chi connectivity index (χ1v) is 7.17. The molecule has 0 aliphatic carbocycles. The zero-order valence-electron chi connectivity index (χ0n) is 11.8. The van der Waals surface area contributed by atoms with Crippen LogP contribution in [-0.2, 0) is 6.42 Å². The van der Waals surface area contributed by atoms with Crippen molar-refractivity contribution in [3.05, 3.63) is 17.8 Å². The summed E-state index contributed by atoms with van der Waals surface area (Å²) in [6, 6.07) is 0.188. The van der Waals surface area contributed by atoms with Crippen molar-refractivity contribution in [3.63, 3.8) is 0 Å². The Kier molecular flexibility index (Phi) is 4.69. The third-order valence-corrected chi connectivity index (χ3v) is 4.12. The monoisotopic (exact) mass is 266 g/mol. The van der Waals surface area contributed by atoms with Crippen LogP contribution in [0.2, 0.25) is 0 Å². The number of hydrogen-bond acceptors (Lipinski definition) is 4. The van der Waals surface area contributed by atoms with Gasteiger partial charge in [0.05, 0.1) is 5.69 Å². The van der Waals surface area contributed by atoms with E-state index in [1.54, 1.807) is 0 Å². The van der Waals surface area contributed by atoms with Crippen molar-refractivity contribution in [1.29, 1.82) is 0 Å². The first kappa shape index (κ1) is 14.2. The lowest BCUT2D eigenvalue weighted by molar-refractivity contribution is 0.331. The molecule has 1 aromatic rings. The summed E-state index contributed by atoms with van der Waals surface area (Å²) in [5, 5.41) is 0. The highest BCUT2D eigenvalue weighted by Gasteiger charge is 2.29. The van der Waals surface area contributed by atoms with Crippen molar-refractivity contribution >= 4 is 5.82 Å². The molecule has 0 radical (unpaired) electrons. The van der Waals surface area contributed by atoms with E-state index in [1.165, 1.54) is 6.33 Å². The molecule has 5 heteroatoms.